The summed E-state index contributed by atoms with van der Waals surface area (Å²) in [4.78, 5) is 15.6. The molecule has 0 N–H and O–H groups in total. The third-order valence-electron chi connectivity index (χ3n) is 3.16. The van der Waals surface area contributed by atoms with Crippen LogP contribution in [-0.2, 0) is 12.0 Å². The van der Waals surface area contributed by atoms with Gasteiger partial charge in [0.15, 0.2) is 6.29 Å². The zero-order chi connectivity index (χ0) is 14.2. The van der Waals surface area contributed by atoms with Crippen molar-refractivity contribution in [3.63, 3.8) is 0 Å². The van der Waals surface area contributed by atoms with Crippen LogP contribution in [0.2, 0.25) is 0 Å². The van der Waals surface area contributed by atoms with E-state index in [0.717, 1.165) is 28.4 Å². The van der Waals surface area contributed by atoms with Crippen LogP contribution < -0.4 is 0 Å². The van der Waals surface area contributed by atoms with Gasteiger partial charge in [-0.15, -0.1) is 11.3 Å². The van der Waals surface area contributed by atoms with Crippen molar-refractivity contribution < 1.29 is 4.79 Å². The molecule has 0 aliphatic heterocycles. The molecule has 0 bridgehead atoms. The summed E-state index contributed by atoms with van der Waals surface area (Å²) in [5.41, 5.74) is 3.54. The number of carbonyl (C=O) groups is 1. The van der Waals surface area contributed by atoms with Gasteiger partial charge in [-0.1, -0.05) is 20.8 Å². The highest BCUT2D eigenvalue weighted by atomic mass is 32.1. The summed E-state index contributed by atoms with van der Waals surface area (Å²) in [5, 5.41) is 7.52. The van der Waals surface area contributed by atoms with Gasteiger partial charge in [0.1, 0.15) is 5.01 Å². The fourth-order valence-corrected chi connectivity index (χ4v) is 2.89. The molecule has 0 atom stereocenters. The smallest absolute Gasteiger partial charge is 0.153 e. The lowest BCUT2D eigenvalue weighted by atomic mass is 9.93. The van der Waals surface area contributed by atoms with Crippen LogP contribution in [0.4, 0.5) is 0 Å². The molecular weight excluding hydrogens is 258 g/mol. The molecule has 2 rings (SSSR count). The van der Waals surface area contributed by atoms with Gasteiger partial charge in [-0.2, -0.15) is 5.10 Å². The number of aldehydes is 1. The third-order valence-corrected chi connectivity index (χ3v) is 3.99. The lowest BCUT2D eigenvalue weighted by Crippen LogP contribution is -2.12. The molecule has 5 heteroatoms. The normalized spacial score (nSPS) is 11.8. The molecule has 0 unspecified atom stereocenters. The average Bonchev–Trinajstić information content (AvgIpc) is 2.85. The zero-order valence-corrected chi connectivity index (χ0v) is 12.8. The van der Waals surface area contributed by atoms with Crippen LogP contribution in [0.5, 0.6) is 0 Å². The van der Waals surface area contributed by atoms with E-state index >= 15 is 0 Å². The van der Waals surface area contributed by atoms with Crippen molar-refractivity contribution in [2.24, 2.45) is 0 Å². The highest BCUT2D eigenvalue weighted by Gasteiger charge is 2.18. The van der Waals surface area contributed by atoms with Crippen molar-refractivity contribution in [1.82, 2.24) is 14.8 Å². The van der Waals surface area contributed by atoms with Crippen molar-refractivity contribution in [2.75, 3.05) is 0 Å². The molecule has 0 amide bonds. The third kappa shape index (κ3) is 2.76. The lowest BCUT2D eigenvalue weighted by molar-refractivity contribution is 0.112. The molecule has 0 spiro atoms. The number of hydrogen-bond acceptors (Lipinski definition) is 4. The van der Waals surface area contributed by atoms with Gasteiger partial charge >= 0.3 is 0 Å². The minimum atomic E-state index is 0.0672. The van der Waals surface area contributed by atoms with Gasteiger partial charge < -0.3 is 0 Å². The first-order valence-corrected chi connectivity index (χ1v) is 7.15. The Labute approximate surface area is 117 Å². The molecule has 2 aromatic heterocycles. The number of rotatable bonds is 3. The highest BCUT2D eigenvalue weighted by Crippen LogP contribution is 2.24. The molecule has 0 aliphatic rings. The SMILES string of the molecule is Cc1nn(Cc2nc(C(C)(C)C)cs2)c(C)c1C=O. The maximum Gasteiger partial charge on any atom is 0.153 e. The number of aryl methyl sites for hydroxylation is 1. The summed E-state index contributed by atoms with van der Waals surface area (Å²) in [5.74, 6) is 0. The Kier molecular flexibility index (Phi) is 3.58. The van der Waals surface area contributed by atoms with Crippen LogP contribution in [0.1, 0.15) is 53.2 Å². The number of hydrogen-bond donors (Lipinski definition) is 0. The van der Waals surface area contributed by atoms with Crippen molar-refractivity contribution in [2.45, 2.75) is 46.6 Å². The monoisotopic (exact) mass is 277 g/mol. The fraction of sp³-hybridized carbons (Fsp3) is 0.500. The highest BCUT2D eigenvalue weighted by molar-refractivity contribution is 7.09. The molecule has 2 aromatic rings. The number of thiazole rings is 1. The van der Waals surface area contributed by atoms with E-state index < -0.39 is 0 Å². The Balaban J connectivity index is 2.27. The Hall–Kier alpha value is -1.49. The molecule has 4 nitrogen and oxygen atoms in total. The van der Waals surface area contributed by atoms with Gasteiger partial charge in [0.2, 0.25) is 0 Å². The lowest BCUT2D eigenvalue weighted by Gasteiger charge is -2.14. The van der Waals surface area contributed by atoms with Crippen LogP contribution in [0.25, 0.3) is 0 Å². The predicted octanol–water partition coefficient (Wildman–Crippen LogP) is 3.11. The largest absolute Gasteiger partial charge is 0.298 e. The van der Waals surface area contributed by atoms with Crippen LogP contribution in [0.3, 0.4) is 0 Å². The van der Waals surface area contributed by atoms with E-state index in [1.807, 2.05) is 18.5 Å². The topological polar surface area (TPSA) is 47.8 Å². The second-order valence-corrected chi connectivity index (χ2v) is 6.68. The van der Waals surface area contributed by atoms with Crippen LogP contribution in [0, 0.1) is 13.8 Å². The van der Waals surface area contributed by atoms with Gasteiger partial charge in [-0.05, 0) is 13.8 Å². The Morgan fingerprint density at radius 2 is 2.05 bits per heavy atom. The first-order chi connectivity index (χ1) is 8.82. The molecule has 0 saturated carbocycles. The molecule has 0 aromatic carbocycles. The van der Waals surface area contributed by atoms with E-state index in [1.54, 1.807) is 11.3 Å². The molecule has 19 heavy (non-hydrogen) atoms. The van der Waals surface area contributed by atoms with Gasteiger partial charge in [0.25, 0.3) is 0 Å². The summed E-state index contributed by atoms with van der Waals surface area (Å²) in [7, 11) is 0. The standard InChI is InChI=1S/C14H19N3OS/c1-9-11(7-18)10(2)17(16-9)6-13-15-12(8-19-13)14(3,4)5/h7-8H,6H2,1-5H3. The molecular formula is C14H19N3OS. The minimum Gasteiger partial charge on any atom is -0.298 e. The maximum atomic E-state index is 11.0. The number of aromatic nitrogens is 3. The number of carbonyl (C=O) groups excluding carboxylic acids is 1. The van der Waals surface area contributed by atoms with Gasteiger partial charge in [0.05, 0.1) is 23.5 Å². The second kappa shape index (κ2) is 4.89. The van der Waals surface area contributed by atoms with Gasteiger partial charge in [-0.3, -0.25) is 9.48 Å². The van der Waals surface area contributed by atoms with Crippen LogP contribution >= 0.6 is 11.3 Å². The fourth-order valence-electron chi connectivity index (χ4n) is 1.89. The van der Waals surface area contributed by atoms with E-state index in [1.165, 1.54) is 0 Å². The Morgan fingerprint density at radius 1 is 1.37 bits per heavy atom. The van der Waals surface area contributed by atoms with Crippen molar-refractivity contribution in [3.05, 3.63) is 33.0 Å². The van der Waals surface area contributed by atoms with Crippen molar-refractivity contribution in [1.29, 1.82) is 0 Å². The summed E-state index contributed by atoms with van der Waals surface area (Å²) < 4.78 is 1.85. The Morgan fingerprint density at radius 3 is 2.53 bits per heavy atom. The zero-order valence-electron chi connectivity index (χ0n) is 12.0. The summed E-state index contributed by atoms with van der Waals surface area (Å²) in [6, 6.07) is 0. The van der Waals surface area contributed by atoms with E-state index in [-0.39, 0.29) is 5.41 Å². The van der Waals surface area contributed by atoms with Crippen LogP contribution in [0.15, 0.2) is 5.38 Å². The van der Waals surface area contributed by atoms with E-state index in [9.17, 15) is 4.79 Å². The van der Waals surface area contributed by atoms with E-state index in [4.69, 9.17) is 0 Å². The number of nitrogens with zero attached hydrogens (tertiary/aromatic N) is 3. The first-order valence-electron chi connectivity index (χ1n) is 6.27. The maximum absolute atomic E-state index is 11.0. The van der Waals surface area contributed by atoms with Gasteiger partial charge in [0, 0.05) is 16.5 Å². The average molecular weight is 277 g/mol. The molecule has 0 radical (unpaired) electrons. The van der Waals surface area contributed by atoms with Crippen LogP contribution in [-0.4, -0.2) is 21.1 Å². The summed E-state index contributed by atoms with van der Waals surface area (Å²) in [6.45, 7) is 10.9. The second-order valence-electron chi connectivity index (χ2n) is 5.74. The molecule has 102 valence electrons. The van der Waals surface area contributed by atoms with Crippen molar-refractivity contribution >= 4 is 17.6 Å². The predicted molar refractivity (Wildman–Crippen MR) is 77.0 cm³/mol. The van der Waals surface area contributed by atoms with E-state index in [0.29, 0.717) is 12.1 Å². The first kappa shape index (κ1) is 13.9. The minimum absolute atomic E-state index is 0.0672. The van der Waals surface area contributed by atoms with Crippen molar-refractivity contribution in [3.8, 4) is 0 Å². The summed E-state index contributed by atoms with van der Waals surface area (Å²) >= 11 is 1.64. The van der Waals surface area contributed by atoms with E-state index in [2.05, 4.69) is 36.2 Å². The molecule has 0 aliphatic carbocycles. The quantitative estimate of drug-likeness (QED) is 0.810. The molecule has 0 saturated heterocycles. The molecule has 0 fully saturated rings. The Bertz CT molecular complexity index is 605. The van der Waals surface area contributed by atoms with Gasteiger partial charge in [-0.25, -0.2) is 4.98 Å². The summed E-state index contributed by atoms with van der Waals surface area (Å²) in [6.07, 6.45) is 0.872. The molecule has 2 heterocycles.